The van der Waals surface area contributed by atoms with Crippen LogP contribution in [0.1, 0.15) is 0 Å². The lowest BCUT2D eigenvalue weighted by Crippen LogP contribution is -2.01. The van der Waals surface area contributed by atoms with E-state index in [1.807, 2.05) is 24.3 Å². The highest BCUT2D eigenvalue weighted by Gasteiger charge is 2.06. The van der Waals surface area contributed by atoms with Crippen molar-refractivity contribution >= 4 is 51.6 Å². The molecule has 0 fully saturated rings. The van der Waals surface area contributed by atoms with Gasteiger partial charge in [0.25, 0.3) is 0 Å². The monoisotopic (exact) mass is 360 g/mol. The number of hydrogen-bond acceptors (Lipinski definition) is 4. The molecule has 4 nitrogen and oxygen atoms in total. The molecule has 0 amide bonds. The number of aromatic nitrogens is 2. The molecule has 1 aromatic carbocycles. The molecule has 6 heteroatoms. The van der Waals surface area contributed by atoms with Gasteiger partial charge in [-0.05, 0) is 34.7 Å². The fraction of sp³-hybridized carbons (Fsp3) is 0.0909. The second-order valence-electron chi connectivity index (χ2n) is 3.24. The molecule has 0 unspecified atom stereocenters. The van der Waals surface area contributed by atoms with Gasteiger partial charge in [-0.15, -0.1) is 0 Å². The van der Waals surface area contributed by atoms with Gasteiger partial charge in [-0.2, -0.15) is 4.98 Å². The Morgan fingerprint density at radius 2 is 2.06 bits per heavy atom. The normalized spacial score (nSPS) is 10.1. The van der Waals surface area contributed by atoms with Crippen LogP contribution in [0.5, 0.6) is 0 Å². The molecule has 0 atom stereocenters. The Labute approximate surface area is 118 Å². The van der Waals surface area contributed by atoms with Gasteiger partial charge in [-0.25, -0.2) is 4.98 Å². The summed E-state index contributed by atoms with van der Waals surface area (Å²) in [5.74, 6) is 1.12. The zero-order valence-corrected chi connectivity index (χ0v) is 12.0. The first kappa shape index (κ1) is 12.4. The van der Waals surface area contributed by atoms with Crippen molar-refractivity contribution in [1.29, 1.82) is 0 Å². The maximum atomic E-state index is 6.04. The van der Waals surface area contributed by atoms with Gasteiger partial charge in [0.15, 0.2) is 5.82 Å². The molecule has 2 aromatic rings. The SMILES string of the molecule is CNc1ncc(Cl)c(Nc2ccccc2I)n1. The summed E-state index contributed by atoms with van der Waals surface area (Å²) in [5.41, 5.74) is 0.968. The first-order valence-electron chi connectivity index (χ1n) is 4.92. The molecule has 88 valence electrons. The fourth-order valence-electron chi connectivity index (χ4n) is 1.27. The van der Waals surface area contributed by atoms with Crippen LogP contribution in [0.2, 0.25) is 5.02 Å². The van der Waals surface area contributed by atoms with E-state index in [1.165, 1.54) is 0 Å². The lowest BCUT2D eigenvalue weighted by Gasteiger charge is -2.09. The van der Waals surface area contributed by atoms with Crippen molar-refractivity contribution in [1.82, 2.24) is 9.97 Å². The van der Waals surface area contributed by atoms with Crippen LogP contribution in [0.4, 0.5) is 17.5 Å². The molecule has 0 bridgehead atoms. The molecular weight excluding hydrogens is 351 g/mol. The van der Waals surface area contributed by atoms with E-state index in [0.29, 0.717) is 16.8 Å². The quantitative estimate of drug-likeness (QED) is 0.822. The highest BCUT2D eigenvalue weighted by molar-refractivity contribution is 14.1. The number of anilines is 3. The van der Waals surface area contributed by atoms with E-state index in [4.69, 9.17) is 11.6 Å². The lowest BCUT2D eigenvalue weighted by atomic mass is 10.3. The van der Waals surface area contributed by atoms with Crippen LogP contribution in [0, 0.1) is 3.57 Å². The van der Waals surface area contributed by atoms with Gasteiger partial charge in [0.1, 0.15) is 5.02 Å². The number of nitrogens with zero attached hydrogens (tertiary/aromatic N) is 2. The molecule has 0 radical (unpaired) electrons. The smallest absolute Gasteiger partial charge is 0.224 e. The van der Waals surface area contributed by atoms with Crippen LogP contribution in [0.25, 0.3) is 0 Å². The number of benzene rings is 1. The first-order chi connectivity index (χ1) is 8.20. The predicted molar refractivity (Wildman–Crippen MR) is 79.0 cm³/mol. The Kier molecular flexibility index (Phi) is 4.01. The van der Waals surface area contributed by atoms with Crippen LogP contribution in [-0.2, 0) is 0 Å². The zero-order valence-electron chi connectivity index (χ0n) is 9.04. The van der Waals surface area contributed by atoms with Crippen LogP contribution in [0.15, 0.2) is 30.5 Å². The minimum Gasteiger partial charge on any atom is -0.357 e. The Morgan fingerprint density at radius 1 is 1.29 bits per heavy atom. The highest BCUT2D eigenvalue weighted by atomic mass is 127. The number of nitrogens with one attached hydrogen (secondary N) is 2. The summed E-state index contributed by atoms with van der Waals surface area (Å²) in [6, 6.07) is 7.92. The van der Waals surface area contributed by atoms with E-state index in [1.54, 1.807) is 13.2 Å². The van der Waals surface area contributed by atoms with Gasteiger partial charge >= 0.3 is 0 Å². The van der Waals surface area contributed by atoms with Crippen molar-refractivity contribution in [2.24, 2.45) is 0 Å². The Morgan fingerprint density at radius 3 is 2.76 bits per heavy atom. The summed E-state index contributed by atoms with van der Waals surface area (Å²) in [5, 5.41) is 6.55. The molecule has 1 heterocycles. The molecule has 17 heavy (non-hydrogen) atoms. The van der Waals surface area contributed by atoms with Gasteiger partial charge in [0.2, 0.25) is 5.95 Å². The Bertz CT molecular complexity index is 533. The number of para-hydroxylation sites is 1. The van der Waals surface area contributed by atoms with Gasteiger partial charge in [-0.3, -0.25) is 0 Å². The maximum Gasteiger partial charge on any atom is 0.224 e. The maximum absolute atomic E-state index is 6.04. The summed E-state index contributed by atoms with van der Waals surface area (Å²) >= 11 is 8.29. The Hall–Kier alpha value is -1.08. The number of halogens is 2. The average Bonchev–Trinajstić information content (AvgIpc) is 2.35. The van der Waals surface area contributed by atoms with Gasteiger partial charge in [0.05, 0.1) is 11.9 Å². The molecule has 2 rings (SSSR count). The summed E-state index contributed by atoms with van der Waals surface area (Å²) in [6.45, 7) is 0. The van der Waals surface area contributed by atoms with E-state index in [9.17, 15) is 0 Å². The summed E-state index contributed by atoms with van der Waals surface area (Å²) < 4.78 is 1.10. The van der Waals surface area contributed by atoms with Crippen molar-refractivity contribution < 1.29 is 0 Å². The molecule has 0 aliphatic carbocycles. The third-order valence-corrected chi connectivity index (χ3v) is 3.31. The second-order valence-corrected chi connectivity index (χ2v) is 4.81. The van der Waals surface area contributed by atoms with E-state index in [2.05, 4.69) is 43.2 Å². The lowest BCUT2D eigenvalue weighted by molar-refractivity contribution is 1.15. The van der Waals surface area contributed by atoms with Crippen LogP contribution in [-0.4, -0.2) is 17.0 Å². The first-order valence-corrected chi connectivity index (χ1v) is 6.38. The van der Waals surface area contributed by atoms with Crippen molar-refractivity contribution in [3.05, 3.63) is 39.1 Å². The van der Waals surface area contributed by atoms with E-state index in [-0.39, 0.29) is 0 Å². The highest BCUT2D eigenvalue weighted by Crippen LogP contribution is 2.26. The predicted octanol–water partition coefficient (Wildman–Crippen LogP) is 3.52. The largest absolute Gasteiger partial charge is 0.357 e. The third-order valence-electron chi connectivity index (χ3n) is 2.09. The summed E-state index contributed by atoms with van der Waals surface area (Å²) in [4.78, 5) is 8.28. The molecule has 0 spiro atoms. The summed E-state index contributed by atoms with van der Waals surface area (Å²) in [7, 11) is 1.76. The fourth-order valence-corrected chi connectivity index (χ4v) is 1.93. The molecule has 0 saturated heterocycles. The Balaban J connectivity index is 2.32. The van der Waals surface area contributed by atoms with Crippen molar-refractivity contribution in [3.63, 3.8) is 0 Å². The van der Waals surface area contributed by atoms with E-state index in [0.717, 1.165) is 9.26 Å². The topological polar surface area (TPSA) is 49.8 Å². The minimum absolute atomic E-state index is 0.489. The van der Waals surface area contributed by atoms with Gasteiger partial charge < -0.3 is 10.6 Å². The standard InChI is InChI=1S/C11H10ClIN4/c1-14-11-15-6-7(12)10(17-11)16-9-5-3-2-4-8(9)13/h2-6H,1H3,(H2,14,15,16,17). The minimum atomic E-state index is 0.489. The number of hydrogen-bond donors (Lipinski definition) is 2. The average molecular weight is 361 g/mol. The summed E-state index contributed by atoms with van der Waals surface area (Å²) in [6.07, 6.45) is 1.57. The van der Waals surface area contributed by atoms with E-state index < -0.39 is 0 Å². The molecule has 1 aromatic heterocycles. The van der Waals surface area contributed by atoms with Crippen LogP contribution >= 0.6 is 34.2 Å². The van der Waals surface area contributed by atoms with Crippen molar-refractivity contribution in [2.45, 2.75) is 0 Å². The van der Waals surface area contributed by atoms with Crippen molar-refractivity contribution in [2.75, 3.05) is 17.7 Å². The molecule has 0 aliphatic heterocycles. The molecule has 2 N–H and O–H groups in total. The van der Waals surface area contributed by atoms with Gasteiger partial charge in [-0.1, -0.05) is 23.7 Å². The van der Waals surface area contributed by atoms with E-state index >= 15 is 0 Å². The van der Waals surface area contributed by atoms with Crippen LogP contribution < -0.4 is 10.6 Å². The third kappa shape index (κ3) is 2.98. The van der Waals surface area contributed by atoms with Crippen molar-refractivity contribution in [3.8, 4) is 0 Å². The molecule has 0 saturated carbocycles. The van der Waals surface area contributed by atoms with Crippen LogP contribution in [0.3, 0.4) is 0 Å². The molecular formula is C11H10ClIN4. The molecule has 0 aliphatic rings. The van der Waals surface area contributed by atoms with Gasteiger partial charge in [0, 0.05) is 10.6 Å². The second kappa shape index (κ2) is 5.50. The zero-order chi connectivity index (χ0) is 12.3. The number of rotatable bonds is 3.